The van der Waals surface area contributed by atoms with E-state index in [2.05, 4.69) is 80.6 Å². The van der Waals surface area contributed by atoms with E-state index in [4.69, 9.17) is 0 Å². The average molecular weight is 543 g/mol. The van der Waals surface area contributed by atoms with E-state index in [0.717, 1.165) is 38.5 Å². The molecule has 8 rings (SSSR count). The van der Waals surface area contributed by atoms with Crippen LogP contribution in [0.15, 0.2) is 78.4 Å². The summed E-state index contributed by atoms with van der Waals surface area (Å²) in [4.78, 5) is 13.8. The van der Waals surface area contributed by atoms with Crippen molar-refractivity contribution in [1.82, 2.24) is 0 Å². The van der Waals surface area contributed by atoms with E-state index in [0.29, 0.717) is 23.5 Å². The Labute approximate surface area is 243 Å². The smallest absolute Gasteiger partial charge is 0.159 e. The minimum atomic E-state index is -0.152. The Balaban J connectivity index is 1.03. The molecule has 0 spiro atoms. The van der Waals surface area contributed by atoms with Gasteiger partial charge < -0.3 is 5.11 Å². The second kappa shape index (κ2) is 9.27. The van der Waals surface area contributed by atoms with Crippen LogP contribution in [-0.2, 0) is 11.2 Å². The van der Waals surface area contributed by atoms with E-state index >= 15 is 0 Å². The molecule has 0 bridgehead atoms. The molecule has 3 fully saturated rings. The number of aliphatic hydroxyl groups is 1. The Kier molecular flexibility index (Phi) is 5.81. The van der Waals surface area contributed by atoms with Crippen molar-refractivity contribution in [2.24, 2.45) is 34.5 Å². The maximum atomic E-state index is 13.8. The fourth-order valence-corrected chi connectivity index (χ4v) is 10.5. The molecule has 2 nitrogen and oxygen atoms in total. The van der Waals surface area contributed by atoms with E-state index in [1.165, 1.54) is 62.7 Å². The molecule has 210 valence electrons. The van der Waals surface area contributed by atoms with Crippen molar-refractivity contribution in [1.29, 1.82) is 0 Å². The molecule has 4 aromatic carbocycles. The molecule has 0 saturated heterocycles. The average Bonchev–Trinajstić information content (AvgIpc) is 3.34. The molecule has 2 heteroatoms. The molecule has 41 heavy (non-hydrogen) atoms. The van der Waals surface area contributed by atoms with Gasteiger partial charge in [-0.05, 0) is 130 Å². The number of aliphatic hydroxyl groups excluding tert-OH is 1. The van der Waals surface area contributed by atoms with Crippen LogP contribution in [0.4, 0.5) is 0 Å². The molecule has 0 aromatic heterocycles. The number of hydrogen-bond donors (Lipinski definition) is 1. The molecule has 3 saturated carbocycles. The van der Waals surface area contributed by atoms with E-state index in [1.54, 1.807) is 0 Å². The summed E-state index contributed by atoms with van der Waals surface area (Å²) >= 11 is 0. The molecule has 0 amide bonds. The SMILES string of the molecule is C[C@]12CC[C@H]3[C@@H](CC=C4C[C@@H](O)CC[C@@]43C)[C@@H]1CC[C@@H]2C(=O)/C=C/Cc1ccc2ccc3cccc4ccc1c2c34. The minimum absolute atomic E-state index is 0.117. The highest BCUT2D eigenvalue weighted by atomic mass is 16.3. The molecular weight excluding hydrogens is 500 g/mol. The van der Waals surface area contributed by atoms with Gasteiger partial charge in [0.25, 0.3) is 0 Å². The number of carbonyl (C=O) groups is 1. The first kappa shape index (κ1) is 25.7. The largest absolute Gasteiger partial charge is 0.393 e. The molecule has 1 N–H and O–H groups in total. The Hall–Kier alpha value is -2.97. The van der Waals surface area contributed by atoms with E-state index < -0.39 is 0 Å². The third-order valence-corrected chi connectivity index (χ3v) is 12.7. The van der Waals surface area contributed by atoms with Gasteiger partial charge in [0.15, 0.2) is 5.78 Å². The van der Waals surface area contributed by atoms with E-state index in [-0.39, 0.29) is 22.9 Å². The van der Waals surface area contributed by atoms with Gasteiger partial charge in [-0.1, -0.05) is 86.2 Å². The van der Waals surface area contributed by atoms with Crippen LogP contribution in [-0.4, -0.2) is 17.0 Å². The zero-order valence-corrected chi connectivity index (χ0v) is 24.5. The van der Waals surface area contributed by atoms with Crippen molar-refractivity contribution >= 4 is 38.1 Å². The number of hydrogen-bond acceptors (Lipinski definition) is 2. The van der Waals surface area contributed by atoms with Gasteiger partial charge in [-0.25, -0.2) is 0 Å². The van der Waals surface area contributed by atoms with E-state index in [1.807, 2.05) is 6.08 Å². The fraction of sp³-hybridized carbons (Fsp3) is 0.462. The Bertz CT molecular complexity index is 1710. The zero-order chi connectivity index (χ0) is 27.9. The summed E-state index contributed by atoms with van der Waals surface area (Å²) in [6.07, 6.45) is 15.9. The highest BCUT2D eigenvalue weighted by Crippen LogP contribution is 2.66. The summed E-state index contributed by atoms with van der Waals surface area (Å²) in [5.41, 5.74) is 3.20. The number of carbonyl (C=O) groups excluding carboxylic acids is 1. The zero-order valence-electron chi connectivity index (χ0n) is 24.5. The number of ketones is 1. The van der Waals surface area contributed by atoms with Crippen LogP contribution >= 0.6 is 0 Å². The maximum absolute atomic E-state index is 13.8. The normalized spacial score (nSPS) is 35.1. The number of rotatable bonds is 4. The van der Waals surface area contributed by atoms with Gasteiger partial charge in [0, 0.05) is 5.92 Å². The van der Waals surface area contributed by atoms with Crippen LogP contribution < -0.4 is 0 Å². The Morgan fingerprint density at radius 1 is 0.878 bits per heavy atom. The summed E-state index contributed by atoms with van der Waals surface area (Å²) in [6.45, 7) is 4.94. The van der Waals surface area contributed by atoms with Gasteiger partial charge in [0.1, 0.15) is 0 Å². The molecule has 4 aliphatic rings. The van der Waals surface area contributed by atoms with Crippen molar-refractivity contribution in [2.75, 3.05) is 0 Å². The van der Waals surface area contributed by atoms with Gasteiger partial charge in [-0.3, -0.25) is 4.79 Å². The topological polar surface area (TPSA) is 37.3 Å². The second-order valence-electron chi connectivity index (χ2n) is 14.4. The van der Waals surface area contributed by atoms with Crippen LogP contribution in [0.5, 0.6) is 0 Å². The van der Waals surface area contributed by atoms with E-state index in [9.17, 15) is 9.90 Å². The second-order valence-corrected chi connectivity index (χ2v) is 14.4. The lowest BCUT2D eigenvalue weighted by molar-refractivity contribution is -0.124. The van der Waals surface area contributed by atoms with Crippen LogP contribution in [0, 0.1) is 34.5 Å². The highest BCUT2D eigenvalue weighted by Gasteiger charge is 2.59. The van der Waals surface area contributed by atoms with Gasteiger partial charge in [-0.15, -0.1) is 0 Å². The summed E-state index contributed by atoms with van der Waals surface area (Å²) in [5.74, 6) is 2.55. The Morgan fingerprint density at radius 3 is 2.46 bits per heavy atom. The van der Waals surface area contributed by atoms with Gasteiger partial charge in [0.2, 0.25) is 0 Å². The minimum Gasteiger partial charge on any atom is -0.393 e. The molecule has 7 atom stereocenters. The molecular formula is C39H42O2. The van der Waals surface area contributed by atoms with Crippen molar-refractivity contribution in [2.45, 2.75) is 77.7 Å². The van der Waals surface area contributed by atoms with Crippen LogP contribution in [0.3, 0.4) is 0 Å². The summed E-state index contributed by atoms with van der Waals surface area (Å²) in [7, 11) is 0. The maximum Gasteiger partial charge on any atom is 0.159 e. The highest BCUT2D eigenvalue weighted by molar-refractivity contribution is 6.23. The van der Waals surface area contributed by atoms with Gasteiger partial charge >= 0.3 is 0 Å². The van der Waals surface area contributed by atoms with Gasteiger partial charge in [0.05, 0.1) is 6.10 Å². The van der Waals surface area contributed by atoms with Crippen molar-refractivity contribution in [3.63, 3.8) is 0 Å². The number of benzene rings is 4. The first-order chi connectivity index (χ1) is 19.9. The van der Waals surface area contributed by atoms with Gasteiger partial charge in [-0.2, -0.15) is 0 Å². The summed E-state index contributed by atoms with van der Waals surface area (Å²) in [6, 6.07) is 20.0. The third kappa shape index (κ3) is 3.75. The predicted molar refractivity (Wildman–Crippen MR) is 169 cm³/mol. The standard InChI is InChI=1S/C39H42O2/c1-38-21-19-29(40)23-28(38)14-16-31-32-17-18-34(39(32,2)22-20-33(31)38)35(41)8-4-5-24-9-10-27-12-11-25-6-3-7-26-13-15-30(24)37(27)36(25)26/h3-4,6-15,29,31-34,40H,5,16-23H2,1-2H3/b8-4+/t29-,31-,32-,33-,34+,38-,39-/m0/s1. The van der Waals surface area contributed by atoms with Crippen LogP contribution in [0.1, 0.15) is 70.8 Å². The molecule has 4 aromatic rings. The number of fused-ring (bicyclic) bond motifs is 5. The molecule has 0 radical (unpaired) electrons. The summed E-state index contributed by atoms with van der Waals surface area (Å²) < 4.78 is 0. The van der Waals surface area contributed by atoms with Crippen molar-refractivity contribution in [3.05, 3.63) is 84.0 Å². The Morgan fingerprint density at radius 2 is 1.63 bits per heavy atom. The van der Waals surface area contributed by atoms with Crippen molar-refractivity contribution in [3.8, 4) is 0 Å². The molecule has 0 aliphatic heterocycles. The molecule has 0 heterocycles. The van der Waals surface area contributed by atoms with Crippen molar-refractivity contribution < 1.29 is 9.90 Å². The lowest BCUT2D eigenvalue weighted by Gasteiger charge is -2.57. The first-order valence-electron chi connectivity index (χ1n) is 16.1. The lowest BCUT2D eigenvalue weighted by atomic mass is 9.47. The van der Waals surface area contributed by atoms with Crippen LogP contribution in [0.25, 0.3) is 32.3 Å². The van der Waals surface area contributed by atoms with Crippen LogP contribution in [0.2, 0.25) is 0 Å². The quantitative estimate of drug-likeness (QED) is 0.159. The summed E-state index contributed by atoms with van der Waals surface area (Å²) in [5, 5.41) is 18.2. The monoisotopic (exact) mass is 542 g/mol. The molecule has 4 aliphatic carbocycles. The molecule has 0 unspecified atom stereocenters. The lowest BCUT2D eigenvalue weighted by Crippen LogP contribution is -2.50. The predicted octanol–water partition coefficient (Wildman–Crippen LogP) is 9.19. The third-order valence-electron chi connectivity index (χ3n) is 12.7. The fourth-order valence-electron chi connectivity index (χ4n) is 10.5. The first-order valence-corrected chi connectivity index (χ1v) is 16.1. The number of allylic oxidation sites excluding steroid dienone is 3.